The van der Waals surface area contributed by atoms with Gasteiger partial charge in [0.1, 0.15) is 0 Å². The van der Waals surface area contributed by atoms with Crippen LogP contribution in [-0.2, 0) is 15.8 Å². The van der Waals surface area contributed by atoms with Crippen molar-refractivity contribution in [2.75, 3.05) is 6.26 Å². The van der Waals surface area contributed by atoms with Gasteiger partial charge in [-0.15, -0.1) is 0 Å². The summed E-state index contributed by atoms with van der Waals surface area (Å²) in [5.41, 5.74) is -1.89. The molecular weight excluding hydrogens is 367 g/mol. The van der Waals surface area contributed by atoms with Crippen molar-refractivity contribution >= 4 is 9.84 Å². The van der Waals surface area contributed by atoms with Crippen LogP contribution in [0.4, 0.5) is 39.5 Å². The Morgan fingerprint density at radius 3 is 1.43 bits per heavy atom. The molecule has 0 fully saturated rings. The van der Waals surface area contributed by atoms with Crippen molar-refractivity contribution in [2.24, 2.45) is 0 Å². The van der Waals surface area contributed by atoms with E-state index in [2.05, 4.69) is 0 Å². The fourth-order valence-electron chi connectivity index (χ4n) is 1.47. The minimum atomic E-state index is -7.00. The van der Waals surface area contributed by atoms with E-state index >= 15 is 0 Å². The predicted octanol–water partition coefficient (Wildman–Crippen LogP) is 4.01. The molecule has 0 saturated heterocycles. The first kappa shape index (κ1) is 19.6. The van der Waals surface area contributed by atoms with E-state index in [1.165, 1.54) is 0 Å². The Kier molecular flexibility index (Phi) is 4.50. The Labute approximate surface area is 123 Å². The molecule has 0 atom stereocenters. The summed E-state index contributed by atoms with van der Waals surface area (Å²) >= 11 is 0. The fraction of sp³-hybridized carbons (Fsp3) is 0.455. The molecule has 0 amide bonds. The Balaban J connectivity index is 3.40. The van der Waals surface area contributed by atoms with E-state index in [-0.39, 0.29) is 12.1 Å². The van der Waals surface area contributed by atoms with Crippen LogP contribution < -0.4 is 0 Å². The van der Waals surface area contributed by atoms with Gasteiger partial charge < -0.3 is 0 Å². The second-order valence-corrected chi connectivity index (χ2v) is 6.53. The van der Waals surface area contributed by atoms with Gasteiger partial charge in [0.2, 0.25) is 0 Å². The summed E-state index contributed by atoms with van der Waals surface area (Å²) in [6, 6.07) is 0.855. The molecule has 1 aromatic carbocycles. The van der Waals surface area contributed by atoms with E-state index in [1.54, 1.807) is 0 Å². The fourth-order valence-corrected chi connectivity index (χ4v) is 2.10. The Morgan fingerprint density at radius 1 is 0.739 bits per heavy atom. The summed E-state index contributed by atoms with van der Waals surface area (Å²) in [6.45, 7) is 0. The molecule has 1 rings (SSSR count). The van der Waals surface area contributed by atoms with Crippen LogP contribution in [0.3, 0.4) is 0 Å². The summed E-state index contributed by atoms with van der Waals surface area (Å²) < 4.78 is 137. The lowest BCUT2D eigenvalue weighted by Crippen LogP contribution is -2.59. The molecule has 0 bridgehead atoms. The molecule has 0 unspecified atom stereocenters. The van der Waals surface area contributed by atoms with Crippen molar-refractivity contribution in [2.45, 2.75) is 28.8 Å². The van der Waals surface area contributed by atoms with Crippen molar-refractivity contribution < 1.29 is 47.9 Å². The highest BCUT2D eigenvalue weighted by Crippen LogP contribution is 2.56. The SMILES string of the molecule is CS(=O)(=O)c1ccc(C(F)(F)C(F)(F)C(F)(F)C(F)(F)F)cc1. The zero-order valence-corrected chi connectivity index (χ0v) is 11.8. The summed E-state index contributed by atoms with van der Waals surface area (Å²) in [5.74, 6) is -19.7. The Hall–Kier alpha value is -1.46. The van der Waals surface area contributed by atoms with Crippen LogP contribution in [-0.4, -0.2) is 32.7 Å². The largest absolute Gasteiger partial charge is 0.460 e. The minimum absolute atomic E-state index is 0.0384. The lowest BCUT2D eigenvalue weighted by molar-refractivity contribution is -0.399. The van der Waals surface area contributed by atoms with Crippen molar-refractivity contribution in [1.82, 2.24) is 0 Å². The average molecular weight is 374 g/mol. The van der Waals surface area contributed by atoms with Gasteiger partial charge in [-0.25, -0.2) is 8.42 Å². The van der Waals surface area contributed by atoms with Crippen LogP contribution in [0.25, 0.3) is 0 Å². The highest BCUT2D eigenvalue weighted by atomic mass is 32.2. The van der Waals surface area contributed by atoms with Crippen molar-refractivity contribution in [3.05, 3.63) is 29.8 Å². The average Bonchev–Trinajstić information content (AvgIpc) is 2.36. The predicted molar refractivity (Wildman–Crippen MR) is 59.4 cm³/mol. The normalized spacial score (nSPS) is 14.9. The second-order valence-electron chi connectivity index (χ2n) is 4.52. The molecule has 0 saturated carbocycles. The van der Waals surface area contributed by atoms with Crippen LogP contribution in [0, 0.1) is 0 Å². The van der Waals surface area contributed by atoms with Gasteiger partial charge in [-0.2, -0.15) is 39.5 Å². The number of sulfone groups is 1. The topological polar surface area (TPSA) is 34.1 Å². The van der Waals surface area contributed by atoms with Crippen molar-refractivity contribution in [1.29, 1.82) is 0 Å². The van der Waals surface area contributed by atoms with E-state index < -0.39 is 44.2 Å². The number of benzene rings is 1. The Morgan fingerprint density at radius 2 is 1.13 bits per heavy atom. The molecule has 0 radical (unpaired) electrons. The number of hydrogen-bond acceptors (Lipinski definition) is 2. The summed E-state index contributed by atoms with van der Waals surface area (Å²) in [5, 5.41) is 0. The van der Waals surface area contributed by atoms with Gasteiger partial charge in [-0.1, -0.05) is 12.1 Å². The molecule has 2 nitrogen and oxygen atoms in total. The van der Waals surface area contributed by atoms with Gasteiger partial charge in [0, 0.05) is 11.8 Å². The minimum Gasteiger partial charge on any atom is -0.224 e. The zero-order chi connectivity index (χ0) is 18.5. The van der Waals surface area contributed by atoms with Crippen molar-refractivity contribution in [3.63, 3.8) is 0 Å². The van der Waals surface area contributed by atoms with Crippen LogP contribution in [0.1, 0.15) is 5.56 Å². The monoisotopic (exact) mass is 374 g/mol. The summed E-state index contributed by atoms with van der Waals surface area (Å²) in [7, 11) is -3.91. The molecule has 0 N–H and O–H groups in total. The van der Waals surface area contributed by atoms with E-state index in [1.807, 2.05) is 0 Å². The highest BCUT2D eigenvalue weighted by Gasteiger charge is 2.81. The maximum Gasteiger partial charge on any atom is 0.460 e. The molecule has 0 aliphatic rings. The quantitative estimate of drug-likeness (QED) is 0.747. The third-order valence-electron chi connectivity index (χ3n) is 2.79. The van der Waals surface area contributed by atoms with E-state index in [9.17, 15) is 47.9 Å². The molecule has 0 aliphatic heterocycles. The van der Waals surface area contributed by atoms with Crippen molar-refractivity contribution in [3.8, 4) is 0 Å². The van der Waals surface area contributed by atoms with Gasteiger partial charge in [0.15, 0.2) is 9.84 Å². The molecule has 0 heterocycles. The van der Waals surface area contributed by atoms with E-state index in [4.69, 9.17) is 0 Å². The first-order valence-electron chi connectivity index (χ1n) is 5.47. The standard InChI is InChI=1S/C11H7F9O2S/c1-23(21,22)7-4-2-6(3-5-7)8(12,13)9(14,15)10(16,17)11(18,19)20/h2-5H,1H3. The molecule has 0 spiro atoms. The number of alkyl halides is 9. The molecule has 23 heavy (non-hydrogen) atoms. The summed E-state index contributed by atoms with van der Waals surface area (Å²) in [6.07, 6.45) is -6.26. The Bertz CT molecular complexity index is 674. The van der Waals surface area contributed by atoms with Crippen LogP contribution in [0.5, 0.6) is 0 Å². The van der Waals surface area contributed by atoms with Gasteiger partial charge in [0.25, 0.3) is 0 Å². The number of rotatable bonds is 4. The maximum atomic E-state index is 13.5. The van der Waals surface area contributed by atoms with Gasteiger partial charge in [-0.05, 0) is 12.1 Å². The lowest BCUT2D eigenvalue weighted by atomic mass is 9.97. The van der Waals surface area contributed by atoms with Gasteiger partial charge in [0.05, 0.1) is 4.90 Å². The van der Waals surface area contributed by atoms with Crippen LogP contribution in [0.2, 0.25) is 0 Å². The van der Waals surface area contributed by atoms with E-state index in [0.717, 1.165) is 0 Å². The first-order chi connectivity index (χ1) is 9.96. The van der Waals surface area contributed by atoms with Gasteiger partial charge in [-0.3, -0.25) is 0 Å². The maximum absolute atomic E-state index is 13.5. The highest BCUT2D eigenvalue weighted by molar-refractivity contribution is 7.90. The first-order valence-corrected chi connectivity index (χ1v) is 7.36. The van der Waals surface area contributed by atoms with Gasteiger partial charge >= 0.3 is 23.9 Å². The molecular formula is C11H7F9O2S. The van der Waals surface area contributed by atoms with E-state index in [0.29, 0.717) is 18.4 Å². The molecule has 12 heteroatoms. The van der Waals surface area contributed by atoms with Crippen LogP contribution >= 0.6 is 0 Å². The smallest absolute Gasteiger partial charge is 0.224 e. The number of hydrogen-bond donors (Lipinski definition) is 0. The third kappa shape index (κ3) is 3.12. The zero-order valence-electron chi connectivity index (χ0n) is 10.9. The molecule has 1 aromatic rings. The molecule has 132 valence electrons. The number of halogens is 9. The summed E-state index contributed by atoms with van der Waals surface area (Å²) in [4.78, 5) is -0.608. The second kappa shape index (κ2) is 5.28. The molecule has 0 aliphatic carbocycles. The third-order valence-corrected chi connectivity index (χ3v) is 3.92. The van der Waals surface area contributed by atoms with Crippen LogP contribution in [0.15, 0.2) is 29.2 Å². The lowest BCUT2D eigenvalue weighted by Gasteiger charge is -2.33. The molecule has 0 aromatic heterocycles.